The van der Waals surface area contributed by atoms with Gasteiger partial charge in [-0.2, -0.15) is 0 Å². The van der Waals surface area contributed by atoms with E-state index >= 15 is 0 Å². The fourth-order valence-corrected chi connectivity index (χ4v) is 7.66. The first kappa shape index (κ1) is 20.9. The Morgan fingerprint density at radius 2 is 1.86 bits per heavy atom. The first-order valence-electron chi connectivity index (χ1n) is 11.9. The normalized spacial score (nSPS) is 39.9. The minimum Gasteiger partial charge on any atom is -0.462 e. The fraction of sp³-hybridized carbons (Fsp3) is 0.769. The van der Waals surface area contributed by atoms with Crippen LogP contribution in [-0.2, 0) is 14.3 Å². The number of allylic oxidation sites excluding steroid dienone is 2. The molecule has 0 aromatic carbocycles. The van der Waals surface area contributed by atoms with Crippen LogP contribution in [-0.4, -0.2) is 17.9 Å². The highest BCUT2D eigenvalue weighted by Crippen LogP contribution is 2.67. The van der Waals surface area contributed by atoms with Gasteiger partial charge in [0, 0.05) is 11.8 Å². The minimum absolute atomic E-state index is 0.0472. The molecule has 3 nitrogen and oxygen atoms in total. The van der Waals surface area contributed by atoms with E-state index in [-0.39, 0.29) is 22.9 Å². The van der Waals surface area contributed by atoms with Gasteiger partial charge in [-0.05, 0) is 99.9 Å². The lowest BCUT2D eigenvalue weighted by atomic mass is 9.46. The summed E-state index contributed by atoms with van der Waals surface area (Å²) >= 11 is 0. The highest BCUT2D eigenvalue weighted by molar-refractivity contribution is 6.03. The van der Waals surface area contributed by atoms with Gasteiger partial charge in [-0.1, -0.05) is 32.1 Å². The van der Waals surface area contributed by atoms with E-state index in [0.29, 0.717) is 30.0 Å². The lowest BCUT2D eigenvalue weighted by molar-refractivity contribution is -0.154. The van der Waals surface area contributed by atoms with Crippen molar-refractivity contribution in [3.63, 3.8) is 0 Å². The first-order valence-corrected chi connectivity index (χ1v) is 11.9. The Labute approximate surface area is 176 Å². The van der Waals surface area contributed by atoms with E-state index in [9.17, 15) is 9.59 Å². The summed E-state index contributed by atoms with van der Waals surface area (Å²) in [6, 6.07) is 0. The molecule has 2 bridgehead atoms. The molecule has 160 valence electrons. The second-order valence-corrected chi connectivity index (χ2v) is 10.7. The Morgan fingerprint density at radius 1 is 1.14 bits per heavy atom. The standard InChI is InChI=1S/C26H38O3/c1-17(2)21-12-15-26-16-19(18(3)24(26)28)10-11-22(26)25(21,4)14-13-23(27)29-20-8-6-5-7-9-20/h19-22H,1,3,5-16H2,2,4H3/t19-,21+,22-,25+,26+/m0/s1. The van der Waals surface area contributed by atoms with Crippen LogP contribution in [0.1, 0.15) is 90.9 Å². The van der Waals surface area contributed by atoms with Crippen LogP contribution in [0.4, 0.5) is 0 Å². The van der Waals surface area contributed by atoms with Crippen molar-refractivity contribution in [3.05, 3.63) is 24.3 Å². The lowest BCUT2D eigenvalue weighted by Gasteiger charge is -2.57. The number of hydrogen-bond donors (Lipinski definition) is 0. The first-order chi connectivity index (χ1) is 13.8. The molecule has 0 unspecified atom stereocenters. The molecule has 0 heterocycles. The quantitative estimate of drug-likeness (QED) is 0.316. The molecule has 29 heavy (non-hydrogen) atoms. The van der Waals surface area contributed by atoms with Gasteiger partial charge < -0.3 is 4.74 Å². The second kappa shape index (κ2) is 7.71. The van der Waals surface area contributed by atoms with Crippen molar-refractivity contribution in [3.8, 4) is 0 Å². The van der Waals surface area contributed by atoms with Crippen LogP contribution in [0, 0.1) is 28.6 Å². The fourth-order valence-electron chi connectivity index (χ4n) is 7.66. The van der Waals surface area contributed by atoms with Crippen molar-refractivity contribution >= 4 is 11.8 Å². The van der Waals surface area contributed by atoms with Gasteiger partial charge in [-0.15, -0.1) is 0 Å². The number of carbonyl (C=O) groups is 2. The zero-order chi connectivity index (χ0) is 20.8. The molecule has 0 aromatic rings. The van der Waals surface area contributed by atoms with Crippen molar-refractivity contribution in [2.24, 2.45) is 28.6 Å². The molecule has 1 spiro atoms. The van der Waals surface area contributed by atoms with Crippen LogP contribution >= 0.6 is 0 Å². The zero-order valence-corrected chi connectivity index (χ0v) is 18.4. The summed E-state index contributed by atoms with van der Waals surface area (Å²) in [6.07, 6.45) is 12.1. The second-order valence-electron chi connectivity index (χ2n) is 10.7. The third-order valence-electron chi connectivity index (χ3n) is 9.10. The number of rotatable bonds is 5. The Kier molecular flexibility index (Phi) is 5.55. The minimum atomic E-state index is -0.228. The van der Waals surface area contributed by atoms with Crippen LogP contribution in [0.2, 0.25) is 0 Å². The molecule has 4 aliphatic rings. The van der Waals surface area contributed by atoms with Crippen molar-refractivity contribution in [1.29, 1.82) is 0 Å². The molecule has 4 aliphatic carbocycles. The molecule has 4 saturated carbocycles. The lowest BCUT2D eigenvalue weighted by Crippen LogP contribution is -2.53. The predicted octanol–water partition coefficient (Wildman–Crippen LogP) is 6.18. The molecule has 0 N–H and O–H groups in total. The molecule has 0 aliphatic heterocycles. The maximum absolute atomic E-state index is 13.3. The molecule has 0 radical (unpaired) electrons. The smallest absolute Gasteiger partial charge is 0.306 e. The Balaban J connectivity index is 1.52. The number of Topliss-reactive ketones (excluding diaryl/α,β-unsaturated/α-hetero) is 1. The van der Waals surface area contributed by atoms with Gasteiger partial charge in [0.15, 0.2) is 5.78 Å². The monoisotopic (exact) mass is 398 g/mol. The van der Waals surface area contributed by atoms with E-state index in [1.165, 1.54) is 24.8 Å². The Bertz CT molecular complexity index is 715. The van der Waals surface area contributed by atoms with E-state index in [0.717, 1.165) is 56.9 Å². The summed E-state index contributed by atoms with van der Waals surface area (Å²) in [6.45, 7) is 12.9. The number of ketones is 1. The van der Waals surface area contributed by atoms with Crippen LogP contribution < -0.4 is 0 Å². The third-order valence-corrected chi connectivity index (χ3v) is 9.10. The van der Waals surface area contributed by atoms with Gasteiger partial charge in [0.1, 0.15) is 6.10 Å². The number of hydrogen-bond acceptors (Lipinski definition) is 3. The van der Waals surface area contributed by atoms with E-state index in [1.807, 2.05) is 0 Å². The van der Waals surface area contributed by atoms with Gasteiger partial charge in [0.2, 0.25) is 0 Å². The van der Waals surface area contributed by atoms with Crippen molar-refractivity contribution < 1.29 is 14.3 Å². The zero-order valence-electron chi connectivity index (χ0n) is 18.4. The molecule has 0 saturated heterocycles. The molecule has 0 amide bonds. The largest absolute Gasteiger partial charge is 0.462 e. The number of carbonyl (C=O) groups excluding carboxylic acids is 2. The van der Waals surface area contributed by atoms with Gasteiger partial charge in [0.05, 0.1) is 0 Å². The van der Waals surface area contributed by atoms with E-state index in [4.69, 9.17) is 4.74 Å². The average Bonchev–Trinajstić information content (AvgIpc) is 2.87. The van der Waals surface area contributed by atoms with Crippen molar-refractivity contribution in [1.82, 2.24) is 0 Å². The van der Waals surface area contributed by atoms with E-state index in [1.54, 1.807) is 0 Å². The number of fused-ring (bicyclic) bond motifs is 1. The van der Waals surface area contributed by atoms with Crippen LogP contribution in [0.15, 0.2) is 24.3 Å². The Hall–Kier alpha value is -1.38. The number of esters is 1. The predicted molar refractivity (Wildman–Crippen MR) is 115 cm³/mol. The summed E-state index contributed by atoms with van der Waals surface area (Å²) in [7, 11) is 0. The van der Waals surface area contributed by atoms with Gasteiger partial charge in [-0.3, -0.25) is 9.59 Å². The third kappa shape index (κ3) is 3.43. The summed E-state index contributed by atoms with van der Waals surface area (Å²) in [5.74, 6) is 1.38. The van der Waals surface area contributed by atoms with Crippen molar-refractivity contribution in [2.45, 2.75) is 97.0 Å². The van der Waals surface area contributed by atoms with Gasteiger partial charge >= 0.3 is 5.97 Å². The molecule has 3 heteroatoms. The molecular weight excluding hydrogens is 360 g/mol. The number of ether oxygens (including phenoxy) is 1. The summed E-state index contributed by atoms with van der Waals surface area (Å²) in [5.41, 5.74) is 1.78. The topological polar surface area (TPSA) is 43.4 Å². The van der Waals surface area contributed by atoms with E-state index in [2.05, 4.69) is 27.0 Å². The molecule has 4 rings (SSSR count). The molecule has 0 aromatic heterocycles. The molecule has 4 fully saturated rings. The van der Waals surface area contributed by atoms with Crippen molar-refractivity contribution in [2.75, 3.05) is 0 Å². The highest BCUT2D eigenvalue weighted by Gasteiger charge is 2.64. The maximum atomic E-state index is 13.3. The average molecular weight is 399 g/mol. The van der Waals surface area contributed by atoms with Crippen LogP contribution in [0.25, 0.3) is 0 Å². The summed E-state index contributed by atoms with van der Waals surface area (Å²) < 4.78 is 5.81. The Morgan fingerprint density at radius 3 is 2.55 bits per heavy atom. The SMILES string of the molecule is C=C1C(=O)[C@@]23CC[C@H](C(=C)C)[C@@](C)(CCC(=O)OC4CCCCC4)[C@@H]2CC[C@H]1C3. The van der Waals surface area contributed by atoms with Crippen LogP contribution in [0.3, 0.4) is 0 Å². The molecule has 5 atom stereocenters. The van der Waals surface area contributed by atoms with E-state index < -0.39 is 0 Å². The summed E-state index contributed by atoms with van der Waals surface area (Å²) in [5, 5.41) is 0. The maximum Gasteiger partial charge on any atom is 0.306 e. The highest BCUT2D eigenvalue weighted by atomic mass is 16.5. The van der Waals surface area contributed by atoms with Gasteiger partial charge in [-0.25, -0.2) is 0 Å². The van der Waals surface area contributed by atoms with Crippen LogP contribution in [0.5, 0.6) is 0 Å². The van der Waals surface area contributed by atoms with Gasteiger partial charge in [0.25, 0.3) is 0 Å². The molecular formula is C26H38O3. The summed E-state index contributed by atoms with van der Waals surface area (Å²) in [4.78, 5) is 26.0.